The molecular formula is C15H23N5O2. The average molecular weight is 305 g/mol. The van der Waals surface area contributed by atoms with Crippen molar-refractivity contribution in [2.45, 2.75) is 47.3 Å². The summed E-state index contributed by atoms with van der Waals surface area (Å²) in [5, 5.41) is 9.48. The highest BCUT2D eigenvalue weighted by Crippen LogP contribution is 2.11. The van der Waals surface area contributed by atoms with E-state index >= 15 is 0 Å². The van der Waals surface area contributed by atoms with Crippen LogP contribution >= 0.6 is 0 Å². The van der Waals surface area contributed by atoms with Crippen LogP contribution in [0.5, 0.6) is 0 Å². The highest BCUT2D eigenvalue weighted by atomic mass is 16.5. The Morgan fingerprint density at radius 1 is 1.32 bits per heavy atom. The molecule has 0 saturated heterocycles. The Bertz CT molecular complexity index is 610. The topological polar surface area (TPSA) is 85.0 Å². The lowest BCUT2D eigenvalue weighted by atomic mass is 10.2. The zero-order chi connectivity index (χ0) is 16.1. The van der Waals surface area contributed by atoms with E-state index in [9.17, 15) is 4.79 Å². The predicted octanol–water partition coefficient (Wildman–Crippen LogP) is 2.14. The van der Waals surface area contributed by atoms with Gasteiger partial charge in [-0.05, 0) is 19.8 Å². The number of imidazole rings is 1. The summed E-state index contributed by atoms with van der Waals surface area (Å²) in [7, 11) is 0. The maximum absolute atomic E-state index is 11.9. The van der Waals surface area contributed by atoms with Crippen molar-refractivity contribution in [3.8, 4) is 0 Å². The number of hydrogen-bond donors (Lipinski definition) is 2. The average Bonchev–Trinajstić information content (AvgIpc) is 3.01. The molecule has 0 aliphatic carbocycles. The molecule has 2 amide bonds. The number of nitrogens with one attached hydrogen (secondary N) is 2. The van der Waals surface area contributed by atoms with Gasteiger partial charge in [0, 0.05) is 31.0 Å². The van der Waals surface area contributed by atoms with E-state index in [4.69, 9.17) is 4.52 Å². The fourth-order valence-electron chi connectivity index (χ4n) is 2.21. The Hall–Kier alpha value is -2.31. The molecule has 0 bridgehead atoms. The monoisotopic (exact) mass is 305 g/mol. The molecule has 0 aliphatic heterocycles. The van der Waals surface area contributed by atoms with Gasteiger partial charge in [0.2, 0.25) is 0 Å². The Kier molecular flexibility index (Phi) is 5.19. The number of rotatable bonds is 6. The second kappa shape index (κ2) is 7.11. The zero-order valence-electron chi connectivity index (χ0n) is 13.5. The Morgan fingerprint density at radius 2 is 2.05 bits per heavy atom. The highest BCUT2D eigenvalue weighted by Gasteiger charge is 2.11. The third-order valence-corrected chi connectivity index (χ3v) is 3.38. The third kappa shape index (κ3) is 4.09. The lowest BCUT2D eigenvalue weighted by Gasteiger charge is -2.11. The van der Waals surface area contributed by atoms with E-state index in [0.29, 0.717) is 19.0 Å². The normalized spacial score (nSPS) is 11.0. The van der Waals surface area contributed by atoms with Crippen LogP contribution in [0.4, 0.5) is 4.79 Å². The molecule has 0 atom stereocenters. The summed E-state index contributed by atoms with van der Waals surface area (Å²) in [4.78, 5) is 16.2. The maximum Gasteiger partial charge on any atom is 0.315 e. The summed E-state index contributed by atoms with van der Waals surface area (Å²) < 4.78 is 7.12. The summed E-state index contributed by atoms with van der Waals surface area (Å²) >= 11 is 0. The summed E-state index contributed by atoms with van der Waals surface area (Å²) in [5.41, 5.74) is 1.71. The van der Waals surface area contributed by atoms with Gasteiger partial charge in [0.25, 0.3) is 0 Å². The van der Waals surface area contributed by atoms with Crippen LogP contribution in [0.3, 0.4) is 0 Å². The molecule has 0 aromatic carbocycles. The van der Waals surface area contributed by atoms with Gasteiger partial charge in [0.1, 0.15) is 11.6 Å². The van der Waals surface area contributed by atoms with Gasteiger partial charge in [-0.1, -0.05) is 19.0 Å². The summed E-state index contributed by atoms with van der Waals surface area (Å²) in [6, 6.07) is -0.237. The van der Waals surface area contributed by atoms with Crippen LogP contribution in [0.25, 0.3) is 0 Å². The first-order chi connectivity index (χ1) is 10.5. The Balaban J connectivity index is 1.82. The van der Waals surface area contributed by atoms with Gasteiger partial charge in [-0.3, -0.25) is 0 Å². The van der Waals surface area contributed by atoms with Gasteiger partial charge in [-0.25, -0.2) is 9.78 Å². The van der Waals surface area contributed by atoms with E-state index in [1.165, 1.54) is 0 Å². The van der Waals surface area contributed by atoms with Crippen molar-refractivity contribution in [2.75, 3.05) is 0 Å². The first-order valence-electron chi connectivity index (χ1n) is 7.40. The number of aromatic nitrogens is 3. The zero-order valence-corrected chi connectivity index (χ0v) is 13.5. The lowest BCUT2D eigenvalue weighted by Crippen LogP contribution is -2.35. The molecule has 2 aromatic rings. The molecule has 0 spiro atoms. The van der Waals surface area contributed by atoms with Crippen LogP contribution in [-0.4, -0.2) is 20.7 Å². The maximum atomic E-state index is 11.9. The molecule has 2 rings (SSSR count). The first-order valence-corrected chi connectivity index (χ1v) is 7.40. The van der Waals surface area contributed by atoms with Gasteiger partial charge >= 0.3 is 6.03 Å². The Morgan fingerprint density at radius 3 is 2.68 bits per heavy atom. The molecule has 2 aromatic heterocycles. The third-order valence-electron chi connectivity index (χ3n) is 3.38. The molecule has 0 saturated carbocycles. The van der Waals surface area contributed by atoms with Gasteiger partial charge in [-0.15, -0.1) is 0 Å². The smallest absolute Gasteiger partial charge is 0.315 e. The van der Waals surface area contributed by atoms with Crippen LogP contribution in [0.2, 0.25) is 0 Å². The highest BCUT2D eigenvalue weighted by molar-refractivity contribution is 5.73. The van der Waals surface area contributed by atoms with Crippen molar-refractivity contribution in [2.24, 2.45) is 5.92 Å². The van der Waals surface area contributed by atoms with Gasteiger partial charge in [0.15, 0.2) is 0 Å². The van der Waals surface area contributed by atoms with Gasteiger partial charge in [-0.2, -0.15) is 0 Å². The number of aryl methyl sites for hydroxylation is 2. The molecule has 0 radical (unpaired) electrons. The number of amides is 2. The second-order valence-electron chi connectivity index (χ2n) is 5.73. The Labute approximate surface area is 130 Å². The quantitative estimate of drug-likeness (QED) is 0.856. The van der Waals surface area contributed by atoms with Crippen LogP contribution in [0.1, 0.15) is 36.7 Å². The molecular weight excluding hydrogens is 282 g/mol. The second-order valence-corrected chi connectivity index (χ2v) is 5.73. The molecule has 22 heavy (non-hydrogen) atoms. The minimum Gasteiger partial charge on any atom is -0.361 e. The molecule has 0 fully saturated rings. The van der Waals surface area contributed by atoms with E-state index in [-0.39, 0.29) is 6.03 Å². The molecule has 2 heterocycles. The van der Waals surface area contributed by atoms with Crippen molar-refractivity contribution in [1.29, 1.82) is 0 Å². The van der Waals surface area contributed by atoms with Crippen molar-refractivity contribution >= 4 is 6.03 Å². The number of urea groups is 1. The SMILES string of the molecule is Cc1noc(C)c1CNC(=O)NCc1nccn1CC(C)C. The summed E-state index contributed by atoms with van der Waals surface area (Å²) in [6.07, 6.45) is 3.68. The molecule has 0 aliphatic rings. The number of carbonyl (C=O) groups is 1. The number of hydrogen-bond acceptors (Lipinski definition) is 4. The van der Waals surface area contributed by atoms with Gasteiger partial charge in [0.05, 0.1) is 12.2 Å². The number of carbonyl (C=O) groups excluding carboxylic acids is 1. The minimum atomic E-state index is -0.237. The van der Waals surface area contributed by atoms with Crippen LogP contribution in [-0.2, 0) is 19.6 Å². The summed E-state index contributed by atoms with van der Waals surface area (Å²) in [6.45, 7) is 9.66. The van der Waals surface area contributed by atoms with Crippen LogP contribution in [0.15, 0.2) is 16.9 Å². The predicted molar refractivity (Wildman–Crippen MR) is 82.1 cm³/mol. The molecule has 7 nitrogen and oxygen atoms in total. The minimum absolute atomic E-state index is 0.237. The first kappa shape index (κ1) is 16.1. The van der Waals surface area contributed by atoms with Crippen LogP contribution < -0.4 is 10.6 Å². The fourth-order valence-corrected chi connectivity index (χ4v) is 2.21. The van der Waals surface area contributed by atoms with E-state index < -0.39 is 0 Å². The van der Waals surface area contributed by atoms with E-state index in [1.807, 2.05) is 20.0 Å². The lowest BCUT2D eigenvalue weighted by molar-refractivity contribution is 0.239. The summed E-state index contributed by atoms with van der Waals surface area (Å²) in [5.74, 6) is 2.10. The molecule has 0 unspecified atom stereocenters. The standard InChI is InChI=1S/C15H23N5O2/c1-10(2)9-20-6-5-16-14(20)8-18-15(21)17-7-13-11(3)19-22-12(13)4/h5-6,10H,7-9H2,1-4H3,(H2,17,18,21). The molecule has 120 valence electrons. The fraction of sp³-hybridized carbons (Fsp3) is 0.533. The van der Waals surface area contributed by atoms with Crippen LogP contribution in [0, 0.1) is 19.8 Å². The van der Waals surface area contributed by atoms with Crippen molar-refractivity contribution < 1.29 is 9.32 Å². The van der Waals surface area contributed by atoms with Crippen molar-refractivity contribution in [3.63, 3.8) is 0 Å². The van der Waals surface area contributed by atoms with E-state index in [2.05, 4.69) is 39.2 Å². The van der Waals surface area contributed by atoms with E-state index in [1.54, 1.807) is 6.20 Å². The van der Waals surface area contributed by atoms with E-state index in [0.717, 1.165) is 29.4 Å². The van der Waals surface area contributed by atoms with Crippen molar-refractivity contribution in [1.82, 2.24) is 25.3 Å². The molecule has 7 heteroatoms. The molecule has 2 N–H and O–H groups in total. The van der Waals surface area contributed by atoms with Gasteiger partial charge < -0.3 is 19.7 Å². The number of nitrogens with zero attached hydrogens (tertiary/aromatic N) is 3. The van der Waals surface area contributed by atoms with Crippen molar-refractivity contribution in [3.05, 3.63) is 35.2 Å². The largest absolute Gasteiger partial charge is 0.361 e.